The van der Waals surface area contributed by atoms with Gasteiger partial charge in [-0.2, -0.15) is 0 Å². The lowest BCUT2D eigenvalue weighted by Gasteiger charge is -2.12. The molecule has 4 heteroatoms. The Morgan fingerprint density at radius 1 is 1.09 bits per heavy atom. The predicted octanol–water partition coefficient (Wildman–Crippen LogP) is 4.18. The number of benzene rings is 2. The van der Waals surface area contributed by atoms with Gasteiger partial charge in [-0.25, -0.2) is 0 Å². The molecule has 0 aliphatic carbocycles. The van der Waals surface area contributed by atoms with Crippen LogP contribution in [0.4, 0.5) is 0 Å². The van der Waals surface area contributed by atoms with Gasteiger partial charge in [0.25, 0.3) is 0 Å². The van der Waals surface area contributed by atoms with Crippen molar-refractivity contribution in [2.45, 2.75) is 13.2 Å². The number of rotatable bonds is 2. The molecular formula is C19H15ClN2O. The van der Waals surface area contributed by atoms with Crippen LogP contribution in [0, 0.1) is 0 Å². The molecule has 0 amide bonds. The molecule has 2 N–H and O–H groups in total. The third-order valence-electron chi connectivity index (χ3n) is 4.16. The maximum Gasteiger partial charge on any atom is 0.0837 e. The van der Waals surface area contributed by atoms with Crippen LogP contribution in [-0.2, 0) is 13.2 Å². The summed E-state index contributed by atoms with van der Waals surface area (Å²) < 4.78 is 0. The number of aliphatic imine (C=N–C) groups is 1. The van der Waals surface area contributed by atoms with Crippen molar-refractivity contribution in [1.82, 2.24) is 4.98 Å². The third-order valence-corrected chi connectivity index (χ3v) is 4.40. The van der Waals surface area contributed by atoms with Crippen LogP contribution in [0.25, 0.3) is 11.1 Å². The number of aromatic amines is 1. The van der Waals surface area contributed by atoms with Crippen LogP contribution in [0.3, 0.4) is 0 Å². The van der Waals surface area contributed by atoms with Gasteiger partial charge in [0.1, 0.15) is 0 Å². The Labute approximate surface area is 139 Å². The van der Waals surface area contributed by atoms with Gasteiger partial charge in [-0.15, -0.1) is 0 Å². The Morgan fingerprint density at radius 3 is 2.70 bits per heavy atom. The van der Waals surface area contributed by atoms with Crippen molar-refractivity contribution in [2.75, 3.05) is 0 Å². The first-order valence-electron chi connectivity index (χ1n) is 7.48. The topological polar surface area (TPSA) is 48.4 Å². The van der Waals surface area contributed by atoms with Crippen LogP contribution < -0.4 is 0 Å². The molecule has 23 heavy (non-hydrogen) atoms. The quantitative estimate of drug-likeness (QED) is 0.730. The van der Waals surface area contributed by atoms with Gasteiger partial charge in [-0.1, -0.05) is 48.0 Å². The normalized spacial score (nSPS) is 13.0. The summed E-state index contributed by atoms with van der Waals surface area (Å²) in [4.78, 5) is 7.97. The van der Waals surface area contributed by atoms with Gasteiger partial charge in [0.15, 0.2) is 0 Å². The molecule has 1 aliphatic heterocycles. The molecule has 0 saturated carbocycles. The minimum absolute atomic E-state index is 0.0297. The number of nitrogens with zero attached hydrogens (tertiary/aromatic N) is 1. The van der Waals surface area contributed by atoms with Crippen molar-refractivity contribution in [3.05, 3.63) is 82.1 Å². The number of hydrogen-bond acceptors (Lipinski definition) is 2. The van der Waals surface area contributed by atoms with E-state index in [1.54, 1.807) is 0 Å². The van der Waals surface area contributed by atoms with Gasteiger partial charge < -0.3 is 10.1 Å². The highest BCUT2D eigenvalue weighted by molar-refractivity contribution is 6.31. The summed E-state index contributed by atoms with van der Waals surface area (Å²) in [6, 6.07) is 16.0. The molecule has 0 fully saturated rings. The van der Waals surface area contributed by atoms with Gasteiger partial charge >= 0.3 is 0 Å². The number of aromatic nitrogens is 1. The SMILES string of the molecule is OCc1[nH]cc2c1-c1ccc(Cl)cc1C(c1ccccc1)=NC2. The minimum atomic E-state index is -0.0297. The zero-order valence-electron chi connectivity index (χ0n) is 12.4. The van der Waals surface area contributed by atoms with E-state index in [1.807, 2.05) is 42.6 Å². The zero-order chi connectivity index (χ0) is 15.8. The Kier molecular flexibility index (Phi) is 3.52. The van der Waals surface area contributed by atoms with Crippen LogP contribution >= 0.6 is 11.6 Å². The number of halogens is 1. The molecule has 1 aromatic heterocycles. The fourth-order valence-corrected chi connectivity index (χ4v) is 3.29. The first kappa shape index (κ1) is 14.2. The first-order valence-corrected chi connectivity index (χ1v) is 7.86. The monoisotopic (exact) mass is 322 g/mol. The lowest BCUT2D eigenvalue weighted by Crippen LogP contribution is -2.05. The van der Waals surface area contributed by atoms with Crippen LogP contribution in [0.2, 0.25) is 5.02 Å². The summed E-state index contributed by atoms with van der Waals surface area (Å²) in [6.07, 6.45) is 1.93. The fraction of sp³-hybridized carbons (Fsp3) is 0.105. The summed E-state index contributed by atoms with van der Waals surface area (Å²) in [7, 11) is 0. The van der Waals surface area contributed by atoms with Crippen LogP contribution in [0.15, 0.2) is 59.7 Å². The van der Waals surface area contributed by atoms with E-state index >= 15 is 0 Å². The lowest BCUT2D eigenvalue weighted by molar-refractivity contribution is 0.278. The van der Waals surface area contributed by atoms with Gasteiger partial charge in [-0.05, 0) is 23.3 Å². The number of aliphatic hydroxyl groups is 1. The van der Waals surface area contributed by atoms with Crippen LogP contribution in [0.1, 0.15) is 22.4 Å². The summed E-state index contributed by atoms with van der Waals surface area (Å²) in [6.45, 7) is 0.542. The first-order chi connectivity index (χ1) is 11.3. The summed E-state index contributed by atoms with van der Waals surface area (Å²) in [5, 5.41) is 10.3. The molecule has 0 atom stereocenters. The molecule has 114 valence electrons. The Bertz CT molecular complexity index is 897. The average molecular weight is 323 g/mol. The van der Waals surface area contributed by atoms with E-state index in [2.05, 4.69) is 17.1 Å². The maximum atomic E-state index is 9.64. The molecule has 2 heterocycles. The highest BCUT2D eigenvalue weighted by Gasteiger charge is 2.22. The average Bonchev–Trinajstić information content (AvgIpc) is 2.92. The zero-order valence-corrected chi connectivity index (χ0v) is 13.1. The van der Waals surface area contributed by atoms with E-state index < -0.39 is 0 Å². The summed E-state index contributed by atoms with van der Waals surface area (Å²) in [5.41, 5.74) is 6.98. The second kappa shape index (κ2) is 5.69. The number of H-pyrrole nitrogens is 1. The van der Waals surface area contributed by atoms with Crippen molar-refractivity contribution < 1.29 is 5.11 Å². The van der Waals surface area contributed by atoms with Crippen molar-refractivity contribution in [2.24, 2.45) is 4.99 Å². The molecular weight excluding hydrogens is 308 g/mol. The highest BCUT2D eigenvalue weighted by atomic mass is 35.5. The second-order valence-electron chi connectivity index (χ2n) is 5.55. The molecule has 0 radical (unpaired) electrons. The summed E-state index contributed by atoms with van der Waals surface area (Å²) >= 11 is 6.25. The van der Waals surface area contributed by atoms with Gasteiger partial charge in [0.2, 0.25) is 0 Å². The predicted molar refractivity (Wildman–Crippen MR) is 92.9 cm³/mol. The van der Waals surface area contributed by atoms with Gasteiger partial charge in [0, 0.05) is 33.6 Å². The summed E-state index contributed by atoms with van der Waals surface area (Å²) in [5.74, 6) is 0. The number of hydrogen-bond donors (Lipinski definition) is 2. The molecule has 0 unspecified atom stereocenters. The lowest BCUT2D eigenvalue weighted by atomic mass is 9.93. The van der Waals surface area contributed by atoms with Gasteiger partial charge in [0.05, 0.1) is 18.9 Å². The number of nitrogens with one attached hydrogen (secondary N) is 1. The standard InChI is InChI=1S/C19H15ClN2O/c20-14-6-7-15-16(8-14)19(12-4-2-1-3-5-12)22-10-13-9-21-17(11-23)18(13)15/h1-9,21,23H,10-11H2. The number of aliphatic hydroxyl groups excluding tert-OH is 1. The Morgan fingerprint density at radius 2 is 1.91 bits per heavy atom. The molecule has 1 aliphatic rings. The van der Waals surface area contributed by atoms with Crippen molar-refractivity contribution in [3.8, 4) is 11.1 Å². The maximum absolute atomic E-state index is 9.64. The van der Waals surface area contributed by atoms with Crippen LogP contribution in [-0.4, -0.2) is 15.8 Å². The second-order valence-corrected chi connectivity index (χ2v) is 5.98. The van der Waals surface area contributed by atoms with Gasteiger partial charge in [-0.3, -0.25) is 4.99 Å². The molecule has 0 saturated heterocycles. The van der Waals surface area contributed by atoms with E-state index in [1.165, 1.54) is 0 Å². The molecule has 3 nitrogen and oxygen atoms in total. The minimum Gasteiger partial charge on any atom is -0.390 e. The van der Waals surface area contributed by atoms with E-state index in [0.717, 1.165) is 39.2 Å². The molecule has 0 bridgehead atoms. The molecule has 0 spiro atoms. The molecule has 2 aromatic carbocycles. The van der Waals surface area contributed by atoms with E-state index in [9.17, 15) is 5.11 Å². The van der Waals surface area contributed by atoms with E-state index in [-0.39, 0.29) is 6.61 Å². The fourth-order valence-electron chi connectivity index (χ4n) is 3.12. The van der Waals surface area contributed by atoms with Crippen molar-refractivity contribution in [3.63, 3.8) is 0 Å². The Balaban J connectivity index is 2.00. The Hall–Kier alpha value is -2.36. The van der Waals surface area contributed by atoms with Crippen LogP contribution in [0.5, 0.6) is 0 Å². The smallest absolute Gasteiger partial charge is 0.0837 e. The van der Waals surface area contributed by atoms with Crippen molar-refractivity contribution in [1.29, 1.82) is 0 Å². The molecule has 3 aromatic rings. The molecule has 4 rings (SSSR count). The van der Waals surface area contributed by atoms with Crippen molar-refractivity contribution >= 4 is 17.3 Å². The number of fused-ring (bicyclic) bond motifs is 3. The largest absolute Gasteiger partial charge is 0.390 e. The van der Waals surface area contributed by atoms with E-state index in [4.69, 9.17) is 16.6 Å². The third kappa shape index (κ3) is 2.38. The highest BCUT2D eigenvalue weighted by Crippen LogP contribution is 2.36. The van der Waals surface area contributed by atoms with E-state index in [0.29, 0.717) is 11.6 Å².